The fourth-order valence-corrected chi connectivity index (χ4v) is 3.43. The van der Waals surface area contributed by atoms with E-state index in [1.54, 1.807) is 18.3 Å². The molecule has 6 heteroatoms. The number of aryl methyl sites for hydroxylation is 2. The Kier molecular flexibility index (Phi) is 5.19. The third-order valence-electron chi connectivity index (χ3n) is 3.49. The van der Waals surface area contributed by atoms with Crippen LogP contribution in [0.4, 0.5) is 5.13 Å². The highest BCUT2D eigenvalue weighted by atomic mass is 35.5. The minimum absolute atomic E-state index is 0.558. The van der Waals surface area contributed by atoms with E-state index in [0.717, 1.165) is 22.0 Å². The fourth-order valence-electron chi connectivity index (χ4n) is 2.31. The summed E-state index contributed by atoms with van der Waals surface area (Å²) in [6.07, 6.45) is 1.65. The van der Waals surface area contributed by atoms with Crippen molar-refractivity contribution in [3.05, 3.63) is 68.5 Å². The summed E-state index contributed by atoms with van der Waals surface area (Å²) in [5, 5.41) is 8.10. The highest BCUT2D eigenvalue weighted by Gasteiger charge is 2.07. The van der Waals surface area contributed by atoms with Crippen LogP contribution in [0.2, 0.25) is 10.0 Å². The molecule has 3 aromatic rings. The highest BCUT2D eigenvalue weighted by Crippen LogP contribution is 2.28. The lowest BCUT2D eigenvalue weighted by atomic mass is 10.0. The molecular weight excluding hydrogens is 361 g/mol. The maximum atomic E-state index is 6.11. The van der Waals surface area contributed by atoms with Crippen molar-refractivity contribution in [3.63, 3.8) is 0 Å². The molecule has 0 bridgehead atoms. The molecule has 2 aromatic carbocycles. The van der Waals surface area contributed by atoms with Crippen LogP contribution >= 0.6 is 34.5 Å². The van der Waals surface area contributed by atoms with Crippen molar-refractivity contribution in [2.45, 2.75) is 13.8 Å². The lowest BCUT2D eigenvalue weighted by Crippen LogP contribution is -1.91. The summed E-state index contributed by atoms with van der Waals surface area (Å²) in [4.78, 5) is 4.58. The van der Waals surface area contributed by atoms with E-state index in [1.807, 2.05) is 11.4 Å². The maximum Gasteiger partial charge on any atom is 0.203 e. The molecule has 0 saturated carbocycles. The zero-order valence-corrected chi connectivity index (χ0v) is 15.5. The number of halogens is 2. The lowest BCUT2D eigenvalue weighted by molar-refractivity contribution is 1.28. The van der Waals surface area contributed by atoms with Gasteiger partial charge in [-0.15, -0.1) is 11.3 Å². The Hall–Kier alpha value is -1.88. The van der Waals surface area contributed by atoms with Gasteiger partial charge in [-0.25, -0.2) is 4.98 Å². The van der Waals surface area contributed by atoms with Gasteiger partial charge in [-0.3, -0.25) is 5.43 Å². The van der Waals surface area contributed by atoms with Crippen molar-refractivity contribution in [2.75, 3.05) is 5.43 Å². The number of hydrogen-bond donors (Lipinski definition) is 1. The normalized spacial score (nSPS) is 11.2. The fraction of sp³-hybridized carbons (Fsp3) is 0.111. The van der Waals surface area contributed by atoms with Gasteiger partial charge in [0.1, 0.15) is 0 Å². The Bertz CT molecular complexity index is 903. The molecule has 0 atom stereocenters. The first-order valence-corrected chi connectivity index (χ1v) is 8.94. The highest BCUT2D eigenvalue weighted by molar-refractivity contribution is 7.14. The third-order valence-corrected chi connectivity index (χ3v) is 4.80. The Labute approximate surface area is 155 Å². The van der Waals surface area contributed by atoms with Crippen molar-refractivity contribution in [3.8, 4) is 11.3 Å². The summed E-state index contributed by atoms with van der Waals surface area (Å²) < 4.78 is 0. The SMILES string of the molecule is Cc1ccc(-c2csc(N/N=C\c3ccc(Cl)cc3Cl)n2)c(C)c1. The van der Waals surface area contributed by atoms with Gasteiger partial charge in [0.25, 0.3) is 0 Å². The van der Waals surface area contributed by atoms with Crippen molar-refractivity contribution >= 4 is 45.9 Å². The average molecular weight is 376 g/mol. The molecule has 0 spiro atoms. The van der Waals surface area contributed by atoms with E-state index in [0.29, 0.717) is 10.0 Å². The van der Waals surface area contributed by atoms with Crippen LogP contribution in [0.25, 0.3) is 11.3 Å². The van der Waals surface area contributed by atoms with Crippen LogP contribution in [0.5, 0.6) is 0 Å². The number of thiazole rings is 1. The van der Waals surface area contributed by atoms with E-state index in [2.05, 4.69) is 47.6 Å². The van der Waals surface area contributed by atoms with Gasteiger partial charge in [0.05, 0.1) is 16.9 Å². The largest absolute Gasteiger partial charge is 0.253 e. The maximum absolute atomic E-state index is 6.11. The predicted octanol–water partition coefficient (Wildman–Crippen LogP) is 6.18. The van der Waals surface area contributed by atoms with Crippen molar-refractivity contribution in [1.29, 1.82) is 0 Å². The Morgan fingerprint density at radius 3 is 2.71 bits per heavy atom. The molecule has 0 fully saturated rings. The van der Waals surface area contributed by atoms with Crippen molar-refractivity contribution < 1.29 is 0 Å². The van der Waals surface area contributed by atoms with Crippen LogP contribution in [0.1, 0.15) is 16.7 Å². The molecule has 0 aliphatic rings. The van der Waals surface area contributed by atoms with E-state index < -0.39 is 0 Å². The summed E-state index contributed by atoms with van der Waals surface area (Å²) in [7, 11) is 0. The number of anilines is 1. The summed E-state index contributed by atoms with van der Waals surface area (Å²) in [5.74, 6) is 0. The second-order valence-corrected chi connectivity index (χ2v) is 7.09. The molecule has 24 heavy (non-hydrogen) atoms. The molecule has 0 aliphatic heterocycles. The molecule has 122 valence electrons. The molecule has 1 N–H and O–H groups in total. The lowest BCUT2D eigenvalue weighted by Gasteiger charge is -2.03. The summed E-state index contributed by atoms with van der Waals surface area (Å²) in [5.41, 5.74) is 8.27. The molecule has 3 rings (SSSR count). The average Bonchev–Trinajstić information content (AvgIpc) is 2.98. The van der Waals surface area contributed by atoms with E-state index in [-0.39, 0.29) is 0 Å². The Balaban J connectivity index is 1.73. The molecule has 0 saturated heterocycles. The molecule has 3 nitrogen and oxygen atoms in total. The first-order chi connectivity index (χ1) is 11.5. The minimum atomic E-state index is 0.558. The molecule has 1 heterocycles. The number of aromatic nitrogens is 1. The topological polar surface area (TPSA) is 37.3 Å². The third kappa shape index (κ3) is 3.96. The standard InChI is InChI=1S/C18H15Cl2N3S/c1-11-3-6-15(12(2)7-11)17-10-24-18(22-17)23-21-9-13-4-5-14(19)8-16(13)20/h3-10H,1-2H3,(H,22,23)/b21-9-. The molecule has 1 aromatic heterocycles. The molecule has 0 radical (unpaired) electrons. The summed E-state index contributed by atoms with van der Waals surface area (Å²) in [6, 6.07) is 11.6. The number of rotatable bonds is 4. The van der Waals surface area contributed by atoms with Gasteiger partial charge >= 0.3 is 0 Å². The number of nitrogens with zero attached hydrogens (tertiary/aromatic N) is 2. The summed E-state index contributed by atoms with van der Waals surface area (Å²) >= 11 is 13.5. The Morgan fingerprint density at radius 1 is 1.12 bits per heavy atom. The number of nitrogens with one attached hydrogen (secondary N) is 1. The van der Waals surface area contributed by atoms with E-state index in [9.17, 15) is 0 Å². The second-order valence-electron chi connectivity index (χ2n) is 5.39. The van der Waals surface area contributed by atoms with Crippen LogP contribution < -0.4 is 5.43 Å². The number of hydrogen-bond acceptors (Lipinski definition) is 4. The molecule has 0 amide bonds. The molecule has 0 aliphatic carbocycles. The van der Waals surface area contributed by atoms with E-state index in [1.165, 1.54) is 22.5 Å². The van der Waals surface area contributed by atoms with Crippen LogP contribution in [0.15, 0.2) is 46.9 Å². The first-order valence-electron chi connectivity index (χ1n) is 7.30. The van der Waals surface area contributed by atoms with Gasteiger partial charge in [0.15, 0.2) is 0 Å². The zero-order valence-electron chi connectivity index (χ0n) is 13.2. The first kappa shape index (κ1) is 17.0. The minimum Gasteiger partial charge on any atom is -0.253 e. The molecular formula is C18H15Cl2N3S. The van der Waals surface area contributed by atoms with Crippen LogP contribution in [-0.4, -0.2) is 11.2 Å². The van der Waals surface area contributed by atoms with Gasteiger partial charge in [0, 0.05) is 21.5 Å². The van der Waals surface area contributed by atoms with Crippen LogP contribution in [0.3, 0.4) is 0 Å². The zero-order chi connectivity index (χ0) is 17.1. The van der Waals surface area contributed by atoms with Crippen molar-refractivity contribution in [1.82, 2.24) is 4.98 Å². The van der Waals surface area contributed by atoms with Crippen LogP contribution in [0, 0.1) is 13.8 Å². The quantitative estimate of drug-likeness (QED) is 0.436. The monoisotopic (exact) mass is 375 g/mol. The van der Waals surface area contributed by atoms with E-state index >= 15 is 0 Å². The van der Waals surface area contributed by atoms with Gasteiger partial charge in [-0.1, -0.05) is 53.0 Å². The predicted molar refractivity (Wildman–Crippen MR) is 105 cm³/mol. The van der Waals surface area contributed by atoms with Gasteiger partial charge in [-0.2, -0.15) is 5.10 Å². The van der Waals surface area contributed by atoms with Gasteiger partial charge in [-0.05, 0) is 31.5 Å². The van der Waals surface area contributed by atoms with Crippen LogP contribution in [-0.2, 0) is 0 Å². The molecule has 0 unspecified atom stereocenters. The van der Waals surface area contributed by atoms with Gasteiger partial charge in [0.2, 0.25) is 5.13 Å². The van der Waals surface area contributed by atoms with Crippen molar-refractivity contribution in [2.24, 2.45) is 5.10 Å². The summed E-state index contributed by atoms with van der Waals surface area (Å²) in [6.45, 7) is 4.18. The van der Waals surface area contributed by atoms with E-state index in [4.69, 9.17) is 23.2 Å². The number of benzene rings is 2. The Morgan fingerprint density at radius 2 is 1.96 bits per heavy atom. The number of hydrazone groups is 1. The smallest absolute Gasteiger partial charge is 0.203 e. The van der Waals surface area contributed by atoms with Gasteiger partial charge < -0.3 is 0 Å². The second kappa shape index (κ2) is 7.34.